The minimum absolute atomic E-state index is 0.105. The van der Waals surface area contributed by atoms with Crippen LogP contribution in [0.1, 0.15) is 42.8 Å². The largest absolute Gasteiger partial charge is 0.445 e. The van der Waals surface area contributed by atoms with E-state index in [-0.39, 0.29) is 12.4 Å². The van der Waals surface area contributed by atoms with Crippen molar-refractivity contribution in [1.82, 2.24) is 15.3 Å². The van der Waals surface area contributed by atoms with Crippen LogP contribution in [-0.2, 0) is 16.9 Å². The quantitative estimate of drug-likeness (QED) is 0.842. The van der Waals surface area contributed by atoms with Gasteiger partial charge in [0.1, 0.15) is 12.7 Å². The number of halogens is 1. The van der Waals surface area contributed by atoms with Crippen LogP contribution in [-0.4, -0.2) is 16.1 Å². The van der Waals surface area contributed by atoms with Crippen LogP contribution in [0.15, 0.2) is 41.0 Å². The molecular formula is C18H17BrN4O2. The Bertz CT molecular complexity index is 795. The number of ether oxygens (including phenoxy) is 1. The molecule has 1 N–H and O–H groups in total. The number of aromatic nitrogens is 2. The van der Waals surface area contributed by atoms with E-state index in [1.165, 1.54) is 0 Å². The summed E-state index contributed by atoms with van der Waals surface area (Å²) in [6, 6.07) is 11.3. The molecule has 0 radical (unpaired) electrons. The SMILES string of the molecule is N#Cc1nccc(C2(NC(=O)OCc3ccc(Br)cc3)CCCC2)n1. The molecule has 2 aromatic rings. The normalized spacial score (nSPS) is 15.4. The van der Waals surface area contributed by atoms with Gasteiger partial charge in [0.15, 0.2) is 0 Å². The molecule has 1 fully saturated rings. The third-order valence-electron chi connectivity index (χ3n) is 4.33. The van der Waals surface area contributed by atoms with Gasteiger partial charge in [-0.3, -0.25) is 0 Å². The maximum absolute atomic E-state index is 12.3. The van der Waals surface area contributed by atoms with Crippen LogP contribution < -0.4 is 5.32 Å². The highest BCUT2D eigenvalue weighted by molar-refractivity contribution is 9.10. The summed E-state index contributed by atoms with van der Waals surface area (Å²) < 4.78 is 6.33. The molecular weight excluding hydrogens is 384 g/mol. The molecule has 0 saturated heterocycles. The Morgan fingerprint density at radius 3 is 2.68 bits per heavy atom. The molecule has 128 valence electrons. The molecule has 0 spiro atoms. The first-order valence-electron chi connectivity index (χ1n) is 8.04. The van der Waals surface area contributed by atoms with Gasteiger partial charge in [0, 0.05) is 10.7 Å². The van der Waals surface area contributed by atoms with Crippen LogP contribution in [0, 0.1) is 11.3 Å². The number of amides is 1. The second-order valence-electron chi connectivity index (χ2n) is 5.99. The number of hydrogen-bond donors (Lipinski definition) is 1. The van der Waals surface area contributed by atoms with Gasteiger partial charge in [0.05, 0.1) is 11.2 Å². The first-order valence-corrected chi connectivity index (χ1v) is 8.84. The maximum Gasteiger partial charge on any atom is 0.408 e. The minimum atomic E-state index is -0.592. The molecule has 1 aliphatic carbocycles. The van der Waals surface area contributed by atoms with Crippen LogP contribution in [0.25, 0.3) is 0 Å². The first-order chi connectivity index (χ1) is 12.1. The average Bonchev–Trinajstić information content (AvgIpc) is 3.11. The smallest absolute Gasteiger partial charge is 0.408 e. The summed E-state index contributed by atoms with van der Waals surface area (Å²) in [5.41, 5.74) is 0.982. The molecule has 0 bridgehead atoms. The lowest BCUT2D eigenvalue weighted by Gasteiger charge is -2.29. The number of benzene rings is 1. The Morgan fingerprint density at radius 2 is 2.00 bits per heavy atom. The number of rotatable bonds is 4. The second kappa shape index (κ2) is 7.62. The number of nitriles is 1. The summed E-state index contributed by atoms with van der Waals surface area (Å²) in [7, 11) is 0. The monoisotopic (exact) mass is 400 g/mol. The van der Waals surface area contributed by atoms with Gasteiger partial charge in [0.25, 0.3) is 0 Å². The third kappa shape index (κ3) is 4.15. The van der Waals surface area contributed by atoms with E-state index in [4.69, 9.17) is 10.00 Å². The van der Waals surface area contributed by atoms with E-state index in [2.05, 4.69) is 31.2 Å². The van der Waals surface area contributed by atoms with Crippen molar-refractivity contribution in [3.05, 3.63) is 58.1 Å². The van der Waals surface area contributed by atoms with Crippen molar-refractivity contribution in [2.45, 2.75) is 37.8 Å². The van der Waals surface area contributed by atoms with Gasteiger partial charge in [-0.15, -0.1) is 0 Å². The van der Waals surface area contributed by atoms with Crippen molar-refractivity contribution in [3.8, 4) is 6.07 Å². The van der Waals surface area contributed by atoms with E-state index < -0.39 is 11.6 Å². The Hall–Kier alpha value is -2.46. The Balaban J connectivity index is 1.70. The maximum atomic E-state index is 12.3. The van der Waals surface area contributed by atoms with E-state index in [9.17, 15) is 4.79 Å². The number of hydrogen-bond acceptors (Lipinski definition) is 5. The fourth-order valence-corrected chi connectivity index (χ4v) is 3.33. The molecule has 1 aliphatic rings. The number of nitrogens with one attached hydrogen (secondary N) is 1. The van der Waals surface area contributed by atoms with E-state index >= 15 is 0 Å². The molecule has 1 heterocycles. The molecule has 25 heavy (non-hydrogen) atoms. The average molecular weight is 401 g/mol. The molecule has 3 rings (SSSR count). The van der Waals surface area contributed by atoms with Crippen LogP contribution in [0.2, 0.25) is 0 Å². The lowest BCUT2D eigenvalue weighted by molar-refractivity contribution is 0.125. The van der Waals surface area contributed by atoms with Crippen molar-refractivity contribution in [3.63, 3.8) is 0 Å². The predicted octanol–water partition coefficient (Wildman–Crippen LogP) is 3.81. The minimum Gasteiger partial charge on any atom is -0.445 e. The van der Waals surface area contributed by atoms with Gasteiger partial charge in [-0.2, -0.15) is 5.26 Å². The Kier molecular flexibility index (Phi) is 5.29. The first kappa shape index (κ1) is 17.4. The highest BCUT2D eigenvalue weighted by Crippen LogP contribution is 2.37. The van der Waals surface area contributed by atoms with Crippen molar-refractivity contribution >= 4 is 22.0 Å². The van der Waals surface area contributed by atoms with Gasteiger partial charge in [-0.05, 0) is 36.6 Å². The zero-order valence-corrected chi connectivity index (χ0v) is 15.1. The van der Waals surface area contributed by atoms with Gasteiger partial charge in [-0.1, -0.05) is 40.9 Å². The molecule has 6 nitrogen and oxygen atoms in total. The van der Waals surface area contributed by atoms with Crippen molar-refractivity contribution in [2.75, 3.05) is 0 Å². The topological polar surface area (TPSA) is 87.9 Å². The summed E-state index contributed by atoms with van der Waals surface area (Å²) in [6.07, 6.45) is 4.57. The summed E-state index contributed by atoms with van der Waals surface area (Å²) >= 11 is 3.37. The zero-order valence-electron chi connectivity index (χ0n) is 13.5. The molecule has 1 saturated carbocycles. The van der Waals surface area contributed by atoms with Crippen LogP contribution in [0.5, 0.6) is 0 Å². The van der Waals surface area contributed by atoms with Gasteiger partial charge < -0.3 is 10.1 Å². The van der Waals surface area contributed by atoms with Crippen molar-refractivity contribution < 1.29 is 9.53 Å². The molecule has 0 atom stereocenters. The number of carbonyl (C=O) groups is 1. The third-order valence-corrected chi connectivity index (χ3v) is 4.86. The number of alkyl carbamates (subject to hydrolysis) is 1. The Morgan fingerprint density at radius 1 is 1.28 bits per heavy atom. The molecule has 7 heteroatoms. The second-order valence-corrected chi connectivity index (χ2v) is 6.91. The molecule has 0 unspecified atom stereocenters. The van der Waals surface area contributed by atoms with Crippen molar-refractivity contribution in [1.29, 1.82) is 5.26 Å². The fourth-order valence-electron chi connectivity index (χ4n) is 3.06. The lowest BCUT2D eigenvalue weighted by atomic mass is 9.93. The van der Waals surface area contributed by atoms with E-state index in [0.29, 0.717) is 5.69 Å². The summed E-state index contributed by atoms with van der Waals surface area (Å²) in [5, 5.41) is 12.0. The van der Waals surface area contributed by atoms with E-state index in [1.807, 2.05) is 30.3 Å². The van der Waals surface area contributed by atoms with Crippen LogP contribution in [0.4, 0.5) is 4.79 Å². The number of carbonyl (C=O) groups excluding carboxylic acids is 1. The van der Waals surface area contributed by atoms with Gasteiger partial charge >= 0.3 is 6.09 Å². The van der Waals surface area contributed by atoms with E-state index in [0.717, 1.165) is 35.7 Å². The molecule has 0 aliphatic heterocycles. The van der Waals surface area contributed by atoms with Crippen molar-refractivity contribution in [2.24, 2.45) is 0 Å². The summed E-state index contributed by atoms with van der Waals surface area (Å²) in [6.45, 7) is 0.197. The van der Waals surface area contributed by atoms with Crippen LogP contribution >= 0.6 is 15.9 Å². The Labute approximate surface area is 154 Å². The van der Waals surface area contributed by atoms with Gasteiger partial charge in [0.2, 0.25) is 5.82 Å². The summed E-state index contributed by atoms with van der Waals surface area (Å²) in [4.78, 5) is 20.5. The van der Waals surface area contributed by atoms with E-state index in [1.54, 1.807) is 12.3 Å². The standard InChI is InChI=1S/C18H17BrN4O2/c19-14-5-3-13(4-6-14)12-25-17(24)23-18(8-1-2-9-18)15-7-10-21-16(11-20)22-15/h3-7,10H,1-2,8-9,12H2,(H,23,24). The highest BCUT2D eigenvalue weighted by Gasteiger charge is 2.39. The van der Waals surface area contributed by atoms with Crippen LogP contribution in [0.3, 0.4) is 0 Å². The highest BCUT2D eigenvalue weighted by atomic mass is 79.9. The molecule has 1 amide bonds. The molecule has 1 aromatic carbocycles. The molecule has 1 aromatic heterocycles. The zero-order chi connectivity index (χ0) is 17.7. The lowest BCUT2D eigenvalue weighted by Crippen LogP contribution is -2.44. The number of nitrogens with zero attached hydrogens (tertiary/aromatic N) is 3. The summed E-state index contributed by atoms with van der Waals surface area (Å²) in [5.74, 6) is 0.105. The predicted molar refractivity (Wildman–Crippen MR) is 94.4 cm³/mol. The van der Waals surface area contributed by atoms with Gasteiger partial charge in [-0.25, -0.2) is 14.8 Å². The fraction of sp³-hybridized carbons (Fsp3) is 0.333.